The van der Waals surface area contributed by atoms with E-state index in [0.29, 0.717) is 12.8 Å². The number of carbonyl (C=O) groups is 2. The summed E-state index contributed by atoms with van der Waals surface area (Å²) in [5.74, 6) is -3.18. The van der Waals surface area contributed by atoms with Crippen LogP contribution in [0.15, 0.2) is 48.5 Å². The molecule has 136 valence electrons. The molecular weight excluding hydrogens is 340 g/mol. The van der Waals surface area contributed by atoms with Crippen molar-refractivity contribution in [3.63, 3.8) is 0 Å². The quantitative estimate of drug-likeness (QED) is 0.832. The Balaban J connectivity index is 1.82. The van der Waals surface area contributed by atoms with Crippen LogP contribution in [0.25, 0.3) is 0 Å². The second-order valence-electron chi connectivity index (χ2n) is 6.61. The van der Waals surface area contributed by atoms with Crippen molar-refractivity contribution < 1.29 is 23.5 Å². The van der Waals surface area contributed by atoms with E-state index in [9.17, 15) is 23.5 Å². The highest BCUT2D eigenvalue weighted by molar-refractivity contribution is 5.92. The molecule has 2 aromatic carbocycles. The molecule has 1 unspecified atom stereocenters. The van der Waals surface area contributed by atoms with Crippen LogP contribution in [-0.4, -0.2) is 23.0 Å². The van der Waals surface area contributed by atoms with Gasteiger partial charge < -0.3 is 10.4 Å². The van der Waals surface area contributed by atoms with Crippen LogP contribution < -0.4 is 5.32 Å². The number of rotatable bonds is 6. The monoisotopic (exact) mass is 359 g/mol. The molecule has 0 aromatic heterocycles. The predicted molar refractivity (Wildman–Crippen MR) is 91.6 cm³/mol. The third kappa shape index (κ3) is 3.45. The Hall–Kier alpha value is -2.76. The molecule has 6 heteroatoms. The average Bonchev–Trinajstić information content (AvgIpc) is 2.56. The lowest BCUT2D eigenvalue weighted by Crippen LogP contribution is -2.54. The number of hydrogen-bond donors (Lipinski definition) is 2. The summed E-state index contributed by atoms with van der Waals surface area (Å²) in [6.45, 7) is 0. The van der Waals surface area contributed by atoms with Gasteiger partial charge in [0.2, 0.25) is 5.91 Å². The van der Waals surface area contributed by atoms with E-state index in [1.807, 2.05) is 6.07 Å². The van der Waals surface area contributed by atoms with Crippen LogP contribution in [0.2, 0.25) is 0 Å². The van der Waals surface area contributed by atoms with E-state index in [1.165, 1.54) is 6.07 Å². The molecule has 1 aliphatic carbocycles. The molecule has 0 heterocycles. The molecule has 0 saturated heterocycles. The Morgan fingerprint density at radius 3 is 2.35 bits per heavy atom. The third-order valence-corrected chi connectivity index (χ3v) is 4.97. The molecule has 0 radical (unpaired) electrons. The van der Waals surface area contributed by atoms with Gasteiger partial charge >= 0.3 is 5.97 Å². The number of carboxylic acids is 1. The van der Waals surface area contributed by atoms with E-state index in [2.05, 4.69) is 5.32 Å². The van der Waals surface area contributed by atoms with Gasteiger partial charge in [-0.3, -0.25) is 4.79 Å². The minimum absolute atomic E-state index is 0.117. The van der Waals surface area contributed by atoms with Crippen molar-refractivity contribution in [2.24, 2.45) is 0 Å². The maximum atomic E-state index is 14.2. The molecular formula is C20H19F2NO3. The van der Waals surface area contributed by atoms with E-state index in [4.69, 9.17) is 0 Å². The van der Waals surface area contributed by atoms with Crippen molar-refractivity contribution in [2.45, 2.75) is 37.1 Å². The summed E-state index contributed by atoms with van der Waals surface area (Å²) in [7, 11) is 0. The van der Waals surface area contributed by atoms with Crippen molar-refractivity contribution in [1.29, 1.82) is 0 Å². The number of nitrogens with one attached hydrogen (secondary N) is 1. The Labute approximate surface area is 149 Å². The van der Waals surface area contributed by atoms with Crippen molar-refractivity contribution in [2.75, 3.05) is 0 Å². The lowest BCUT2D eigenvalue weighted by Gasteiger charge is -2.41. The maximum Gasteiger partial charge on any atom is 0.326 e. The van der Waals surface area contributed by atoms with Gasteiger partial charge in [0, 0.05) is 18.1 Å². The average molecular weight is 359 g/mol. The molecule has 1 atom stereocenters. The molecule has 3 rings (SSSR count). The maximum absolute atomic E-state index is 14.2. The number of aliphatic carboxylic acids is 1. The predicted octanol–water partition coefficient (Wildman–Crippen LogP) is 3.20. The van der Waals surface area contributed by atoms with Gasteiger partial charge in [-0.2, -0.15) is 0 Å². The van der Waals surface area contributed by atoms with Gasteiger partial charge in [0.25, 0.3) is 0 Å². The van der Waals surface area contributed by atoms with Crippen LogP contribution in [0.5, 0.6) is 0 Å². The van der Waals surface area contributed by atoms with Gasteiger partial charge in [-0.1, -0.05) is 42.8 Å². The lowest BCUT2D eigenvalue weighted by molar-refractivity contribution is -0.143. The van der Waals surface area contributed by atoms with Crippen molar-refractivity contribution >= 4 is 11.9 Å². The second kappa shape index (κ2) is 7.23. The summed E-state index contributed by atoms with van der Waals surface area (Å²) in [4.78, 5) is 24.4. The number of carbonyl (C=O) groups excluding carboxylic acids is 1. The Morgan fingerprint density at radius 2 is 1.81 bits per heavy atom. The van der Waals surface area contributed by atoms with Gasteiger partial charge in [0.15, 0.2) is 0 Å². The molecule has 1 saturated carbocycles. The zero-order valence-electron chi connectivity index (χ0n) is 14.0. The number of carboxylic acid groups (broad SMARTS) is 1. The highest BCUT2D eigenvalue weighted by atomic mass is 19.1. The van der Waals surface area contributed by atoms with Gasteiger partial charge in [0.1, 0.15) is 17.7 Å². The van der Waals surface area contributed by atoms with Gasteiger partial charge in [-0.25, -0.2) is 13.6 Å². The first kappa shape index (κ1) is 18.0. The zero-order chi connectivity index (χ0) is 18.7. The van der Waals surface area contributed by atoms with Gasteiger partial charge in [0.05, 0.1) is 5.41 Å². The summed E-state index contributed by atoms with van der Waals surface area (Å²) in [5, 5.41) is 12.0. The zero-order valence-corrected chi connectivity index (χ0v) is 14.0. The molecule has 4 nitrogen and oxygen atoms in total. The van der Waals surface area contributed by atoms with E-state index in [-0.39, 0.29) is 12.0 Å². The molecule has 2 N–H and O–H groups in total. The molecule has 0 spiro atoms. The standard InChI is InChI=1S/C20H19F2NO3/c21-14-7-8-15(16(22)12-14)20(9-4-10-20)19(26)23-17(18(24)25)11-13-5-2-1-3-6-13/h1-3,5-8,12,17H,4,9-11H2,(H,23,26)(H,24,25). The highest BCUT2D eigenvalue weighted by Crippen LogP contribution is 2.45. The van der Waals surface area contributed by atoms with Crippen LogP contribution in [0.4, 0.5) is 8.78 Å². The van der Waals surface area contributed by atoms with Crippen molar-refractivity contribution in [3.05, 3.63) is 71.3 Å². The van der Waals surface area contributed by atoms with Gasteiger partial charge in [-0.15, -0.1) is 0 Å². The topological polar surface area (TPSA) is 66.4 Å². The van der Waals surface area contributed by atoms with Crippen molar-refractivity contribution in [3.8, 4) is 0 Å². The largest absolute Gasteiger partial charge is 0.480 e. The van der Waals surface area contributed by atoms with Crippen LogP contribution in [0, 0.1) is 11.6 Å². The van der Waals surface area contributed by atoms with E-state index in [1.54, 1.807) is 24.3 Å². The molecule has 1 aliphatic rings. The van der Waals surface area contributed by atoms with Crippen LogP contribution in [0.1, 0.15) is 30.4 Å². The normalized spacial score (nSPS) is 16.4. The first-order valence-electron chi connectivity index (χ1n) is 8.45. The van der Waals surface area contributed by atoms with E-state index in [0.717, 1.165) is 24.1 Å². The summed E-state index contributed by atoms with van der Waals surface area (Å²) in [6, 6.07) is 11.0. The Morgan fingerprint density at radius 1 is 1.12 bits per heavy atom. The highest BCUT2D eigenvalue weighted by Gasteiger charge is 2.48. The van der Waals surface area contributed by atoms with Crippen LogP contribution >= 0.6 is 0 Å². The molecule has 2 aromatic rings. The Bertz CT molecular complexity index is 819. The minimum atomic E-state index is -1.16. The first-order valence-corrected chi connectivity index (χ1v) is 8.45. The molecule has 1 amide bonds. The van der Waals surface area contributed by atoms with Crippen LogP contribution in [0.3, 0.4) is 0 Å². The number of hydrogen-bond acceptors (Lipinski definition) is 2. The molecule has 0 aliphatic heterocycles. The number of benzene rings is 2. The number of amides is 1. The lowest BCUT2D eigenvalue weighted by atomic mass is 9.63. The fraction of sp³-hybridized carbons (Fsp3) is 0.300. The fourth-order valence-corrected chi connectivity index (χ4v) is 3.37. The third-order valence-electron chi connectivity index (χ3n) is 4.97. The molecule has 1 fully saturated rings. The smallest absolute Gasteiger partial charge is 0.326 e. The van der Waals surface area contributed by atoms with E-state index >= 15 is 0 Å². The second-order valence-corrected chi connectivity index (χ2v) is 6.61. The first-order chi connectivity index (χ1) is 12.4. The minimum Gasteiger partial charge on any atom is -0.480 e. The Kier molecular flexibility index (Phi) is 5.02. The fourth-order valence-electron chi connectivity index (χ4n) is 3.37. The number of halogens is 2. The molecule has 0 bridgehead atoms. The van der Waals surface area contributed by atoms with Gasteiger partial charge in [-0.05, 0) is 24.5 Å². The summed E-state index contributed by atoms with van der Waals surface area (Å²) in [6.07, 6.45) is 1.66. The summed E-state index contributed by atoms with van der Waals surface area (Å²) in [5.41, 5.74) is -0.246. The summed E-state index contributed by atoms with van der Waals surface area (Å²) < 4.78 is 27.4. The SMILES string of the molecule is O=C(O)C(Cc1ccccc1)NC(=O)C1(c2ccc(F)cc2F)CCC1. The van der Waals surface area contributed by atoms with E-state index < -0.39 is 35.0 Å². The molecule has 26 heavy (non-hydrogen) atoms. The van der Waals surface area contributed by atoms with Crippen molar-refractivity contribution in [1.82, 2.24) is 5.32 Å². The van der Waals surface area contributed by atoms with Crippen LogP contribution in [-0.2, 0) is 21.4 Å². The summed E-state index contributed by atoms with van der Waals surface area (Å²) >= 11 is 0.